The summed E-state index contributed by atoms with van der Waals surface area (Å²) in [5, 5.41) is 32.8. The molecule has 7 heteroatoms. The van der Waals surface area contributed by atoms with Crippen LogP contribution in [-0.4, -0.2) is 26.7 Å². The SMILES string of the molecule is CCc1oc(=O)c(Cc2c(O)c3c(c(C(=O)C(C)CC)c2O)OC(C)(C)CC3)c(O)c1C. The maximum Gasteiger partial charge on any atom is 0.343 e. The molecule has 0 amide bonds. The molecule has 0 spiro atoms. The van der Waals surface area contributed by atoms with E-state index in [2.05, 4.69) is 0 Å². The van der Waals surface area contributed by atoms with Crippen LogP contribution in [0.25, 0.3) is 0 Å². The Balaban J connectivity index is 2.26. The first-order valence-corrected chi connectivity index (χ1v) is 11.1. The molecule has 0 bridgehead atoms. The van der Waals surface area contributed by atoms with Gasteiger partial charge in [-0.1, -0.05) is 20.8 Å². The van der Waals surface area contributed by atoms with Gasteiger partial charge in [-0.25, -0.2) is 4.79 Å². The van der Waals surface area contributed by atoms with E-state index in [1.54, 1.807) is 20.8 Å². The number of ketones is 1. The van der Waals surface area contributed by atoms with Gasteiger partial charge in [0.15, 0.2) is 5.78 Å². The molecule has 3 rings (SSSR count). The van der Waals surface area contributed by atoms with Crippen molar-refractivity contribution in [3.63, 3.8) is 0 Å². The Bertz CT molecular complexity index is 1120. The molecular weight excluding hydrogens is 412 g/mol. The molecule has 1 aromatic carbocycles. The third kappa shape index (κ3) is 3.96. The van der Waals surface area contributed by atoms with E-state index in [0.29, 0.717) is 42.6 Å². The van der Waals surface area contributed by atoms with Crippen LogP contribution < -0.4 is 10.4 Å². The zero-order valence-electron chi connectivity index (χ0n) is 19.6. The summed E-state index contributed by atoms with van der Waals surface area (Å²) in [6.45, 7) is 10.9. The van der Waals surface area contributed by atoms with Crippen LogP contribution in [0.2, 0.25) is 0 Å². The van der Waals surface area contributed by atoms with Crippen LogP contribution in [0.3, 0.4) is 0 Å². The number of carbonyl (C=O) groups is 1. The highest BCUT2D eigenvalue weighted by molar-refractivity contribution is 6.04. The van der Waals surface area contributed by atoms with E-state index in [4.69, 9.17) is 9.15 Å². The Morgan fingerprint density at radius 1 is 1.09 bits per heavy atom. The van der Waals surface area contributed by atoms with Gasteiger partial charge in [-0.05, 0) is 40.0 Å². The van der Waals surface area contributed by atoms with Crippen LogP contribution in [0.4, 0.5) is 0 Å². The molecule has 1 atom stereocenters. The molecule has 2 heterocycles. The van der Waals surface area contributed by atoms with Crippen LogP contribution in [-0.2, 0) is 19.3 Å². The van der Waals surface area contributed by atoms with Crippen molar-refractivity contribution in [2.75, 3.05) is 0 Å². The highest BCUT2D eigenvalue weighted by Gasteiger charge is 2.37. The number of fused-ring (bicyclic) bond motifs is 1. The second-order valence-electron chi connectivity index (χ2n) is 9.19. The number of phenolic OH excluding ortho intramolecular Hbond substituents is 2. The fraction of sp³-hybridized carbons (Fsp3) is 0.520. The van der Waals surface area contributed by atoms with Gasteiger partial charge < -0.3 is 24.5 Å². The lowest BCUT2D eigenvalue weighted by atomic mass is 9.85. The molecule has 0 aliphatic carbocycles. The van der Waals surface area contributed by atoms with Gasteiger partial charge in [-0.3, -0.25) is 4.79 Å². The number of hydrogen-bond donors (Lipinski definition) is 3. The van der Waals surface area contributed by atoms with Gasteiger partial charge >= 0.3 is 5.63 Å². The lowest BCUT2D eigenvalue weighted by molar-refractivity contribution is 0.0772. The van der Waals surface area contributed by atoms with E-state index >= 15 is 0 Å². The normalized spacial score (nSPS) is 15.7. The van der Waals surface area contributed by atoms with Crippen molar-refractivity contribution in [3.05, 3.63) is 44.0 Å². The molecule has 0 radical (unpaired) electrons. The van der Waals surface area contributed by atoms with Crippen LogP contribution in [0, 0.1) is 12.8 Å². The van der Waals surface area contributed by atoms with E-state index in [0.717, 1.165) is 0 Å². The third-order valence-corrected chi connectivity index (χ3v) is 6.45. The molecule has 32 heavy (non-hydrogen) atoms. The Labute approximate surface area is 187 Å². The molecular formula is C25H32O7. The van der Waals surface area contributed by atoms with Gasteiger partial charge in [0.1, 0.15) is 39.9 Å². The molecule has 0 saturated heterocycles. The van der Waals surface area contributed by atoms with Crippen molar-refractivity contribution in [1.82, 2.24) is 0 Å². The van der Waals surface area contributed by atoms with Gasteiger partial charge in [-0.15, -0.1) is 0 Å². The quantitative estimate of drug-likeness (QED) is 0.560. The minimum atomic E-state index is -0.742. The Morgan fingerprint density at radius 2 is 1.75 bits per heavy atom. The van der Waals surface area contributed by atoms with Crippen molar-refractivity contribution in [1.29, 1.82) is 0 Å². The molecule has 3 N–H and O–H groups in total. The number of Topliss-reactive ketones (excluding diaryl/α,β-unsaturated/α-hetero) is 1. The first-order chi connectivity index (χ1) is 14.9. The summed E-state index contributed by atoms with van der Waals surface area (Å²) < 4.78 is 11.4. The number of benzene rings is 1. The lowest BCUT2D eigenvalue weighted by Crippen LogP contribution is -2.34. The lowest BCUT2D eigenvalue weighted by Gasteiger charge is -2.35. The number of hydrogen-bond acceptors (Lipinski definition) is 7. The molecule has 0 fully saturated rings. The topological polar surface area (TPSA) is 117 Å². The predicted molar refractivity (Wildman–Crippen MR) is 120 cm³/mol. The Kier molecular flexibility index (Phi) is 6.31. The third-order valence-electron chi connectivity index (χ3n) is 6.45. The van der Waals surface area contributed by atoms with E-state index in [9.17, 15) is 24.9 Å². The molecule has 1 aliphatic rings. The minimum Gasteiger partial charge on any atom is -0.507 e. The van der Waals surface area contributed by atoms with E-state index in [1.165, 1.54) is 0 Å². The van der Waals surface area contributed by atoms with Gasteiger partial charge in [-0.2, -0.15) is 0 Å². The van der Waals surface area contributed by atoms with Crippen molar-refractivity contribution in [3.8, 4) is 23.0 Å². The van der Waals surface area contributed by atoms with Crippen molar-refractivity contribution in [2.45, 2.75) is 79.2 Å². The number of phenols is 2. The average molecular weight is 445 g/mol. The summed E-state index contributed by atoms with van der Waals surface area (Å²) in [6.07, 6.45) is 1.76. The van der Waals surface area contributed by atoms with Crippen molar-refractivity contribution >= 4 is 5.78 Å². The van der Waals surface area contributed by atoms with Gasteiger partial charge in [0.05, 0.1) is 5.56 Å². The summed E-state index contributed by atoms with van der Waals surface area (Å²) in [5.41, 5.74) is -0.511. The monoisotopic (exact) mass is 444 g/mol. The highest BCUT2D eigenvalue weighted by atomic mass is 16.5. The predicted octanol–water partition coefficient (Wildman–Crippen LogP) is 4.55. The standard InChI is InChI=1S/C25H32O7/c1-7-12(3)19(26)18-22(29)15(21(28)14-9-10-25(5,6)32-23(14)18)11-16-20(27)13(4)17(8-2)31-24(16)30/h12,27-29H,7-11H2,1-6H3. The van der Waals surface area contributed by atoms with E-state index in [1.807, 2.05) is 20.8 Å². The second-order valence-corrected chi connectivity index (χ2v) is 9.19. The van der Waals surface area contributed by atoms with Gasteiger partial charge in [0.2, 0.25) is 0 Å². The number of rotatable bonds is 6. The molecule has 1 unspecified atom stereocenters. The summed E-state index contributed by atoms with van der Waals surface area (Å²) >= 11 is 0. The van der Waals surface area contributed by atoms with Crippen LogP contribution in [0.15, 0.2) is 9.21 Å². The van der Waals surface area contributed by atoms with Gasteiger partial charge in [0, 0.05) is 35.4 Å². The van der Waals surface area contributed by atoms with E-state index < -0.39 is 17.0 Å². The summed E-state index contributed by atoms with van der Waals surface area (Å²) in [4.78, 5) is 25.8. The second kappa shape index (κ2) is 8.52. The fourth-order valence-corrected chi connectivity index (χ4v) is 4.11. The first kappa shape index (κ1) is 23.7. The summed E-state index contributed by atoms with van der Waals surface area (Å²) in [5.74, 6) is -1.00. The average Bonchev–Trinajstić information content (AvgIpc) is 2.74. The molecule has 7 nitrogen and oxygen atoms in total. The van der Waals surface area contributed by atoms with E-state index in [-0.39, 0.29) is 52.1 Å². The molecule has 0 saturated carbocycles. The number of carbonyl (C=O) groups excluding carboxylic acids is 1. The largest absolute Gasteiger partial charge is 0.507 e. The van der Waals surface area contributed by atoms with Crippen LogP contribution in [0.5, 0.6) is 23.0 Å². The number of aromatic hydroxyl groups is 3. The molecule has 1 aromatic heterocycles. The molecule has 1 aliphatic heterocycles. The molecule has 174 valence electrons. The summed E-state index contributed by atoms with van der Waals surface area (Å²) in [7, 11) is 0. The number of ether oxygens (including phenoxy) is 1. The summed E-state index contributed by atoms with van der Waals surface area (Å²) in [6, 6.07) is 0. The number of aryl methyl sites for hydroxylation is 1. The van der Waals surface area contributed by atoms with Crippen molar-refractivity contribution < 1.29 is 29.3 Å². The van der Waals surface area contributed by atoms with Crippen LogP contribution >= 0.6 is 0 Å². The maximum absolute atomic E-state index is 13.2. The zero-order valence-corrected chi connectivity index (χ0v) is 19.6. The first-order valence-electron chi connectivity index (χ1n) is 11.1. The molecule has 2 aromatic rings. The highest BCUT2D eigenvalue weighted by Crippen LogP contribution is 2.49. The maximum atomic E-state index is 13.2. The van der Waals surface area contributed by atoms with Crippen LogP contribution in [0.1, 0.15) is 85.8 Å². The smallest absolute Gasteiger partial charge is 0.343 e. The Morgan fingerprint density at radius 3 is 2.34 bits per heavy atom. The Hall–Kier alpha value is -2.96. The fourth-order valence-electron chi connectivity index (χ4n) is 4.11. The zero-order chi connectivity index (χ0) is 24.0. The van der Waals surface area contributed by atoms with Gasteiger partial charge in [0.25, 0.3) is 0 Å². The minimum absolute atomic E-state index is 0.00459. The van der Waals surface area contributed by atoms with Crippen molar-refractivity contribution in [2.24, 2.45) is 5.92 Å².